The number of hydrogen-bond acceptors (Lipinski definition) is 5. The minimum absolute atomic E-state index is 0.400. The summed E-state index contributed by atoms with van der Waals surface area (Å²) in [6.07, 6.45) is 3.99. The number of benzene rings is 1. The van der Waals surface area contributed by atoms with Crippen LogP contribution in [0.1, 0.15) is 35.2 Å². The van der Waals surface area contributed by atoms with Crippen LogP contribution in [-0.4, -0.2) is 27.7 Å². The van der Waals surface area contributed by atoms with Crippen LogP contribution >= 0.6 is 23.5 Å². The highest BCUT2D eigenvalue weighted by Gasteiger charge is 2.16. The van der Waals surface area contributed by atoms with E-state index in [9.17, 15) is 10.4 Å². The lowest BCUT2D eigenvalue weighted by molar-refractivity contribution is 0.225. The monoisotopic (exact) mass is 370 g/mol. The zero-order valence-electron chi connectivity index (χ0n) is 14.1. The maximum absolute atomic E-state index is 10.2. The molecule has 1 heterocycles. The Morgan fingerprint density at radius 2 is 1.96 bits per heavy atom. The van der Waals surface area contributed by atoms with E-state index in [0.717, 1.165) is 29.3 Å². The minimum atomic E-state index is -0.400. The second-order valence-electron chi connectivity index (χ2n) is 6.23. The van der Waals surface area contributed by atoms with Gasteiger partial charge in [0, 0.05) is 23.0 Å². The first-order chi connectivity index (χ1) is 12.3. The summed E-state index contributed by atoms with van der Waals surface area (Å²) in [5.74, 6) is 2.17. The predicted octanol–water partition coefficient (Wildman–Crippen LogP) is 4.22. The number of fused-ring (bicyclic) bond motifs is 1. The van der Waals surface area contributed by atoms with Gasteiger partial charge in [-0.3, -0.25) is 0 Å². The number of thioether (sulfide) groups is 2. The molecule has 2 aromatic rings. The number of aliphatic hydroxyl groups is 1. The highest BCUT2D eigenvalue weighted by atomic mass is 32.2. The van der Waals surface area contributed by atoms with Gasteiger partial charge in [-0.15, -0.1) is 11.8 Å². The molecular weight excluding hydrogens is 348 g/mol. The summed E-state index contributed by atoms with van der Waals surface area (Å²) in [6, 6.07) is 14.5. The fourth-order valence-corrected chi connectivity index (χ4v) is 4.90. The van der Waals surface area contributed by atoms with Gasteiger partial charge < -0.3 is 5.11 Å². The largest absolute Gasteiger partial charge is 0.391 e. The number of hydrogen-bond donors (Lipinski definition) is 1. The number of rotatable bonds is 7. The molecule has 0 saturated carbocycles. The van der Waals surface area contributed by atoms with E-state index >= 15 is 0 Å². The molecule has 0 amide bonds. The number of pyridine rings is 1. The van der Waals surface area contributed by atoms with Gasteiger partial charge in [0.2, 0.25) is 0 Å². The Morgan fingerprint density at radius 1 is 1.16 bits per heavy atom. The van der Waals surface area contributed by atoms with Gasteiger partial charge in [-0.25, -0.2) is 4.98 Å². The fourth-order valence-electron chi connectivity index (χ4n) is 2.92. The van der Waals surface area contributed by atoms with E-state index in [1.165, 1.54) is 35.7 Å². The van der Waals surface area contributed by atoms with Crippen molar-refractivity contribution < 1.29 is 5.11 Å². The van der Waals surface area contributed by atoms with Crippen LogP contribution in [0.25, 0.3) is 0 Å². The van der Waals surface area contributed by atoms with Gasteiger partial charge in [0.05, 0.1) is 11.7 Å². The molecule has 0 radical (unpaired) electrons. The Morgan fingerprint density at radius 3 is 2.76 bits per heavy atom. The summed E-state index contributed by atoms with van der Waals surface area (Å²) in [4.78, 5) is 4.71. The smallest absolute Gasteiger partial charge is 0.114 e. The molecule has 1 aliphatic carbocycles. The zero-order valence-corrected chi connectivity index (χ0v) is 15.8. The lowest BCUT2D eigenvalue weighted by Crippen LogP contribution is -2.14. The Kier molecular flexibility index (Phi) is 6.80. The first kappa shape index (κ1) is 18.3. The van der Waals surface area contributed by atoms with Crippen molar-refractivity contribution in [1.29, 1.82) is 5.26 Å². The summed E-state index contributed by atoms with van der Waals surface area (Å²) in [5, 5.41) is 20.4. The normalized spacial score (nSPS) is 14.6. The molecule has 1 N–H and O–H groups in total. The predicted molar refractivity (Wildman–Crippen MR) is 105 cm³/mol. The van der Waals surface area contributed by atoms with E-state index in [2.05, 4.69) is 18.2 Å². The highest BCUT2D eigenvalue weighted by Crippen LogP contribution is 2.28. The molecule has 1 aromatic carbocycles. The average molecular weight is 371 g/mol. The van der Waals surface area contributed by atoms with Crippen LogP contribution in [0.15, 0.2) is 41.4 Å². The molecule has 0 fully saturated rings. The average Bonchev–Trinajstić information content (AvgIpc) is 2.66. The van der Waals surface area contributed by atoms with Crippen molar-refractivity contribution in [3.8, 4) is 6.07 Å². The van der Waals surface area contributed by atoms with Gasteiger partial charge in [0.1, 0.15) is 11.1 Å². The number of aliphatic hydroxyl groups excluding tert-OH is 1. The third-order valence-corrected chi connectivity index (χ3v) is 6.51. The number of nitriles is 1. The van der Waals surface area contributed by atoms with Crippen LogP contribution in [0, 0.1) is 11.3 Å². The van der Waals surface area contributed by atoms with Crippen molar-refractivity contribution in [2.75, 3.05) is 11.5 Å². The Hall–Kier alpha value is -1.48. The summed E-state index contributed by atoms with van der Waals surface area (Å²) in [7, 11) is 0. The fraction of sp³-hybridized carbons (Fsp3) is 0.400. The van der Waals surface area contributed by atoms with Crippen LogP contribution < -0.4 is 0 Å². The SMILES string of the molecule is N#Cc1cc2c(nc1SC[C@@H](O)CSCc1ccccc1)CCCC2. The third kappa shape index (κ3) is 5.24. The van der Waals surface area contributed by atoms with Crippen LogP contribution in [0.3, 0.4) is 0 Å². The first-order valence-electron chi connectivity index (χ1n) is 8.61. The van der Waals surface area contributed by atoms with Crippen LogP contribution in [-0.2, 0) is 18.6 Å². The first-order valence-corrected chi connectivity index (χ1v) is 10.8. The molecule has 0 bridgehead atoms. The maximum atomic E-state index is 10.2. The molecule has 5 heteroatoms. The Labute approximate surface area is 157 Å². The Balaban J connectivity index is 1.51. The maximum Gasteiger partial charge on any atom is 0.114 e. The number of aryl methyl sites for hydroxylation is 2. The quantitative estimate of drug-likeness (QED) is 0.740. The van der Waals surface area contributed by atoms with Crippen molar-refractivity contribution >= 4 is 23.5 Å². The summed E-state index contributed by atoms with van der Waals surface area (Å²) in [5.41, 5.74) is 4.29. The molecule has 0 saturated heterocycles. The second-order valence-corrected chi connectivity index (χ2v) is 8.27. The van der Waals surface area contributed by atoms with Gasteiger partial charge in [-0.05, 0) is 42.9 Å². The van der Waals surface area contributed by atoms with E-state index in [0.29, 0.717) is 17.1 Å². The van der Waals surface area contributed by atoms with Crippen molar-refractivity contribution in [2.45, 2.75) is 42.6 Å². The molecule has 0 aliphatic heterocycles. The summed E-state index contributed by atoms with van der Waals surface area (Å²) in [6.45, 7) is 0. The molecular formula is C20H22N2OS2. The molecule has 130 valence electrons. The number of nitrogens with zero attached hydrogens (tertiary/aromatic N) is 2. The summed E-state index contributed by atoms with van der Waals surface area (Å²) < 4.78 is 0. The molecule has 25 heavy (non-hydrogen) atoms. The molecule has 3 rings (SSSR count). The van der Waals surface area contributed by atoms with Crippen molar-refractivity contribution in [2.24, 2.45) is 0 Å². The highest BCUT2D eigenvalue weighted by molar-refractivity contribution is 7.99. The van der Waals surface area contributed by atoms with Gasteiger partial charge in [0.15, 0.2) is 0 Å². The van der Waals surface area contributed by atoms with E-state index in [-0.39, 0.29) is 0 Å². The Bertz CT molecular complexity index is 743. The zero-order chi connectivity index (χ0) is 17.5. The van der Waals surface area contributed by atoms with Crippen molar-refractivity contribution in [3.05, 3.63) is 58.8 Å². The lowest BCUT2D eigenvalue weighted by atomic mass is 9.95. The standard InChI is InChI=1S/C20H22N2OS2/c21-11-17-10-16-8-4-5-9-19(16)22-20(17)25-14-18(23)13-24-12-15-6-2-1-3-7-15/h1-3,6-7,10,18,23H,4-5,8-9,12-14H2/t18-/m0/s1. The lowest BCUT2D eigenvalue weighted by Gasteiger charge is -2.17. The van der Waals surface area contributed by atoms with E-state index in [4.69, 9.17) is 4.98 Å². The molecule has 0 unspecified atom stereocenters. The topological polar surface area (TPSA) is 56.9 Å². The van der Waals surface area contributed by atoms with Gasteiger partial charge >= 0.3 is 0 Å². The van der Waals surface area contributed by atoms with E-state index in [1.807, 2.05) is 24.3 Å². The molecule has 3 nitrogen and oxygen atoms in total. The minimum Gasteiger partial charge on any atom is -0.391 e. The van der Waals surface area contributed by atoms with Gasteiger partial charge in [-0.1, -0.05) is 30.3 Å². The van der Waals surface area contributed by atoms with Crippen molar-refractivity contribution in [3.63, 3.8) is 0 Å². The van der Waals surface area contributed by atoms with E-state index in [1.54, 1.807) is 11.8 Å². The van der Waals surface area contributed by atoms with Gasteiger partial charge in [0.25, 0.3) is 0 Å². The van der Waals surface area contributed by atoms with Crippen LogP contribution in [0.5, 0.6) is 0 Å². The molecule has 1 aliphatic rings. The number of aromatic nitrogens is 1. The molecule has 0 spiro atoms. The molecule has 1 aromatic heterocycles. The van der Waals surface area contributed by atoms with Gasteiger partial charge in [-0.2, -0.15) is 17.0 Å². The third-order valence-electron chi connectivity index (χ3n) is 4.22. The second kappa shape index (κ2) is 9.28. The summed E-state index contributed by atoms with van der Waals surface area (Å²) >= 11 is 3.24. The van der Waals surface area contributed by atoms with Crippen LogP contribution in [0.2, 0.25) is 0 Å². The van der Waals surface area contributed by atoms with E-state index < -0.39 is 6.10 Å². The molecule has 1 atom stereocenters. The van der Waals surface area contributed by atoms with Crippen molar-refractivity contribution in [1.82, 2.24) is 4.98 Å². The van der Waals surface area contributed by atoms with Crippen LogP contribution in [0.4, 0.5) is 0 Å².